The highest BCUT2D eigenvalue weighted by Gasteiger charge is 2.33. The molecule has 1 amide bonds. The summed E-state index contributed by atoms with van der Waals surface area (Å²) >= 11 is 1.58. The number of hydrogen-bond donors (Lipinski definition) is 2. The standard InChI is InChI=1S/C20H22FN3OS/c21-16-8-6-15(7-9-16)19(17-5-4-12-26-17)23-13-18(25)24-20(14-22)10-2-1-3-11-20/h4-9,12,19,23H,1-3,10-11,13H2,(H,24,25). The van der Waals surface area contributed by atoms with Crippen LogP contribution in [0.5, 0.6) is 0 Å². The van der Waals surface area contributed by atoms with E-state index in [2.05, 4.69) is 16.7 Å². The highest BCUT2D eigenvalue weighted by atomic mass is 32.1. The van der Waals surface area contributed by atoms with Gasteiger partial charge in [0.05, 0.1) is 18.7 Å². The number of nitriles is 1. The Labute approximate surface area is 157 Å². The molecule has 26 heavy (non-hydrogen) atoms. The lowest BCUT2D eigenvalue weighted by Gasteiger charge is -2.31. The molecule has 1 aliphatic carbocycles. The van der Waals surface area contributed by atoms with Crippen LogP contribution in [0.1, 0.15) is 48.6 Å². The predicted octanol–water partition coefficient (Wildman–Crippen LogP) is 3.91. The SMILES string of the molecule is N#CC1(NC(=O)CNC(c2ccc(F)cc2)c2cccs2)CCCCC1. The maximum Gasteiger partial charge on any atom is 0.235 e. The van der Waals surface area contributed by atoms with Gasteiger partial charge < -0.3 is 5.32 Å². The first kappa shape index (κ1) is 18.6. The number of carbonyl (C=O) groups is 1. The van der Waals surface area contributed by atoms with Crippen molar-refractivity contribution >= 4 is 17.2 Å². The van der Waals surface area contributed by atoms with Crippen molar-refractivity contribution in [1.82, 2.24) is 10.6 Å². The Morgan fingerprint density at radius 2 is 1.96 bits per heavy atom. The van der Waals surface area contributed by atoms with Crippen LogP contribution < -0.4 is 10.6 Å². The Balaban J connectivity index is 1.67. The number of rotatable bonds is 6. The van der Waals surface area contributed by atoms with E-state index in [1.165, 1.54) is 12.1 Å². The van der Waals surface area contributed by atoms with Gasteiger partial charge in [0.2, 0.25) is 5.91 Å². The second kappa shape index (κ2) is 8.43. The zero-order valence-corrected chi connectivity index (χ0v) is 15.3. The van der Waals surface area contributed by atoms with E-state index in [1.807, 2.05) is 17.5 Å². The van der Waals surface area contributed by atoms with Crippen molar-refractivity contribution in [3.63, 3.8) is 0 Å². The summed E-state index contributed by atoms with van der Waals surface area (Å²) in [7, 11) is 0. The number of thiophene rings is 1. The fraction of sp³-hybridized carbons (Fsp3) is 0.400. The zero-order chi connectivity index (χ0) is 18.4. The van der Waals surface area contributed by atoms with E-state index in [0.29, 0.717) is 12.8 Å². The van der Waals surface area contributed by atoms with Crippen LogP contribution in [-0.2, 0) is 4.79 Å². The van der Waals surface area contributed by atoms with E-state index in [0.717, 1.165) is 29.7 Å². The number of nitrogens with one attached hydrogen (secondary N) is 2. The molecule has 1 aromatic heterocycles. The Kier molecular flexibility index (Phi) is 6.02. The molecule has 1 fully saturated rings. The third-order valence-electron chi connectivity index (χ3n) is 4.80. The van der Waals surface area contributed by atoms with Crippen molar-refractivity contribution in [3.8, 4) is 6.07 Å². The summed E-state index contributed by atoms with van der Waals surface area (Å²) < 4.78 is 13.2. The van der Waals surface area contributed by atoms with Crippen molar-refractivity contribution in [2.75, 3.05) is 6.54 Å². The minimum atomic E-state index is -0.731. The van der Waals surface area contributed by atoms with E-state index in [9.17, 15) is 14.4 Å². The summed E-state index contributed by atoms with van der Waals surface area (Å²) in [5, 5.41) is 17.7. The first-order valence-electron chi connectivity index (χ1n) is 8.86. The molecule has 0 spiro atoms. The molecule has 4 nitrogen and oxygen atoms in total. The van der Waals surface area contributed by atoms with Crippen molar-refractivity contribution in [1.29, 1.82) is 5.26 Å². The molecule has 2 N–H and O–H groups in total. The van der Waals surface area contributed by atoms with Crippen molar-refractivity contribution in [3.05, 3.63) is 58.0 Å². The molecule has 1 aromatic carbocycles. The summed E-state index contributed by atoms with van der Waals surface area (Å²) in [6, 6.07) is 12.3. The van der Waals surface area contributed by atoms with Crippen LogP contribution in [0, 0.1) is 17.1 Å². The molecule has 0 aliphatic heterocycles. The monoisotopic (exact) mass is 371 g/mol. The number of carbonyl (C=O) groups excluding carboxylic acids is 1. The maximum atomic E-state index is 13.2. The van der Waals surface area contributed by atoms with Gasteiger partial charge in [-0.25, -0.2) is 4.39 Å². The average molecular weight is 371 g/mol. The zero-order valence-electron chi connectivity index (χ0n) is 14.5. The van der Waals surface area contributed by atoms with Crippen LogP contribution in [0.3, 0.4) is 0 Å². The number of hydrogen-bond acceptors (Lipinski definition) is 4. The van der Waals surface area contributed by atoms with E-state index in [-0.39, 0.29) is 24.3 Å². The van der Waals surface area contributed by atoms with Crippen LogP contribution in [0.15, 0.2) is 41.8 Å². The molecular weight excluding hydrogens is 349 g/mol. The van der Waals surface area contributed by atoms with Gasteiger partial charge in [-0.2, -0.15) is 5.26 Å². The second-order valence-corrected chi connectivity index (χ2v) is 7.66. The third-order valence-corrected chi connectivity index (χ3v) is 5.73. The molecule has 6 heteroatoms. The highest BCUT2D eigenvalue weighted by Crippen LogP contribution is 2.28. The first-order chi connectivity index (χ1) is 12.6. The quantitative estimate of drug-likeness (QED) is 0.809. The van der Waals surface area contributed by atoms with Gasteiger partial charge in [-0.15, -0.1) is 11.3 Å². The van der Waals surface area contributed by atoms with Gasteiger partial charge in [0.15, 0.2) is 0 Å². The summed E-state index contributed by atoms with van der Waals surface area (Å²) in [5.74, 6) is -0.471. The molecule has 0 saturated heterocycles. The molecule has 136 valence electrons. The first-order valence-corrected chi connectivity index (χ1v) is 9.74. The molecule has 1 unspecified atom stereocenters. The largest absolute Gasteiger partial charge is 0.337 e. The van der Waals surface area contributed by atoms with E-state index >= 15 is 0 Å². The summed E-state index contributed by atoms with van der Waals surface area (Å²) in [6.07, 6.45) is 4.47. The molecular formula is C20H22FN3OS. The van der Waals surface area contributed by atoms with Crippen LogP contribution in [0.4, 0.5) is 4.39 Å². The fourth-order valence-corrected chi connectivity index (χ4v) is 4.25. The van der Waals surface area contributed by atoms with E-state index < -0.39 is 5.54 Å². The summed E-state index contributed by atoms with van der Waals surface area (Å²) in [5.41, 5.74) is 0.167. The lowest BCUT2D eigenvalue weighted by atomic mass is 9.83. The van der Waals surface area contributed by atoms with Gasteiger partial charge in [-0.05, 0) is 42.0 Å². The van der Waals surface area contributed by atoms with Crippen molar-refractivity contribution in [2.45, 2.75) is 43.7 Å². The topological polar surface area (TPSA) is 64.9 Å². The van der Waals surface area contributed by atoms with Crippen LogP contribution in [0.25, 0.3) is 0 Å². The average Bonchev–Trinajstić information content (AvgIpc) is 3.18. The number of amides is 1. The summed E-state index contributed by atoms with van der Waals surface area (Å²) in [6.45, 7) is 0.101. The minimum absolute atomic E-state index is 0.101. The van der Waals surface area contributed by atoms with Crippen LogP contribution >= 0.6 is 11.3 Å². The number of benzene rings is 1. The van der Waals surface area contributed by atoms with Gasteiger partial charge in [-0.3, -0.25) is 10.1 Å². The minimum Gasteiger partial charge on any atom is -0.337 e. The lowest BCUT2D eigenvalue weighted by Crippen LogP contribution is -2.51. The van der Waals surface area contributed by atoms with E-state index in [1.54, 1.807) is 23.5 Å². The number of halogens is 1. The fourth-order valence-electron chi connectivity index (χ4n) is 3.42. The number of nitrogens with zero attached hydrogens (tertiary/aromatic N) is 1. The van der Waals surface area contributed by atoms with Crippen molar-refractivity contribution in [2.24, 2.45) is 0 Å². The smallest absolute Gasteiger partial charge is 0.235 e. The van der Waals surface area contributed by atoms with Gasteiger partial charge in [0, 0.05) is 4.88 Å². The van der Waals surface area contributed by atoms with Crippen LogP contribution in [-0.4, -0.2) is 18.0 Å². The maximum absolute atomic E-state index is 13.2. The molecule has 0 bridgehead atoms. The highest BCUT2D eigenvalue weighted by molar-refractivity contribution is 7.10. The van der Waals surface area contributed by atoms with Gasteiger partial charge in [0.1, 0.15) is 11.4 Å². The van der Waals surface area contributed by atoms with Gasteiger partial charge in [0.25, 0.3) is 0 Å². The lowest BCUT2D eigenvalue weighted by molar-refractivity contribution is -0.122. The molecule has 2 aromatic rings. The van der Waals surface area contributed by atoms with Gasteiger partial charge in [-0.1, -0.05) is 37.5 Å². The molecule has 0 radical (unpaired) electrons. The van der Waals surface area contributed by atoms with Gasteiger partial charge >= 0.3 is 0 Å². The molecule has 1 atom stereocenters. The second-order valence-electron chi connectivity index (χ2n) is 6.68. The molecule has 3 rings (SSSR count). The Morgan fingerprint density at radius 1 is 1.23 bits per heavy atom. The molecule has 1 saturated carbocycles. The van der Waals surface area contributed by atoms with Crippen molar-refractivity contribution < 1.29 is 9.18 Å². The predicted molar refractivity (Wildman–Crippen MR) is 100 cm³/mol. The Morgan fingerprint density at radius 3 is 2.58 bits per heavy atom. The van der Waals surface area contributed by atoms with E-state index in [4.69, 9.17) is 0 Å². The summed E-state index contributed by atoms with van der Waals surface area (Å²) in [4.78, 5) is 13.5. The Bertz CT molecular complexity index is 761. The Hall–Kier alpha value is -2.23. The molecule has 1 aliphatic rings. The normalized spacial score (nSPS) is 17.2. The molecule has 1 heterocycles. The third kappa shape index (κ3) is 4.48. The van der Waals surface area contributed by atoms with Crippen LogP contribution in [0.2, 0.25) is 0 Å².